The Morgan fingerprint density at radius 1 is 1.35 bits per heavy atom. The summed E-state index contributed by atoms with van der Waals surface area (Å²) in [5, 5.41) is 3.79. The minimum Gasteiger partial charge on any atom is -0.443 e. The summed E-state index contributed by atoms with van der Waals surface area (Å²) < 4.78 is 18.7. The van der Waals surface area contributed by atoms with Crippen molar-refractivity contribution in [2.75, 3.05) is 13.1 Å². The quantitative estimate of drug-likeness (QED) is 0.840. The van der Waals surface area contributed by atoms with Crippen LogP contribution in [0.1, 0.15) is 46.1 Å². The van der Waals surface area contributed by atoms with Crippen LogP contribution in [0, 0.1) is 5.82 Å². The monoisotopic (exact) mass is 322 g/mol. The molecule has 1 aliphatic heterocycles. The molecule has 0 saturated carbocycles. The molecule has 4 nitrogen and oxygen atoms in total. The fraction of sp³-hybridized carbons (Fsp3) is 0.611. The van der Waals surface area contributed by atoms with Gasteiger partial charge in [0.15, 0.2) is 0 Å². The van der Waals surface area contributed by atoms with Crippen LogP contribution in [-0.4, -0.2) is 40.8 Å². The van der Waals surface area contributed by atoms with E-state index in [0.29, 0.717) is 6.54 Å². The number of rotatable bonds is 4. The second kappa shape index (κ2) is 7.30. The fourth-order valence-corrected chi connectivity index (χ4v) is 2.82. The second-order valence-electron chi connectivity index (χ2n) is 7.14. The number of hydrogen-bond donors (Lipinski definition) is 0. The maximum atomic E-state index is 13.2. The molecule has 0 radical (unpaired) electrons. The van der Waals surface area contributed by atoms with Gasteiger partial charge in [-0.1, -0.05) is 12.1 Å². The Bertz CT molecular complexity index is 542. The van der Waals surface area contributed by atoms with Crippen molar-refractivity contribution in [2.24, 2.45) is 0 Å². The lowest BCUT2D eigenvalue weighted by molar-refractivity contribution is -0.0422. The minimum absolute atomic E-state index is 0.202. The Labute approximate surface area is 138 Å². The van der Waals surface area contributed by atoms with Gasteiger partial charge in [-0.3, -0.25) is 0 Å². The third-order valence-electron chi connectivity index (χ3n) is 3.92. The number of nitrogens with zero attached hydrogens (tertiary/aromatic N) is 2. The zero-order chi connectivity index (χ0) is 17.0. The third kappa shape index (κ3) is 5.20. The number of carbonyl (C=O) groups is 1. The topological polar surface area (TPSA) is 32.8 Å². The molecule has 1 saturated heterocycles. The summed E-state index contributed by atoms with van der Waals surface area (Å²) in [5.74, 6) is -0.202. The van der Waals surface area contributed by atoms with Crippen molar-refractivity contribution in [1.29, 1.82) is 0 Å². The van der Waals surface area contributed by atoms with Crippen molar-refractivity contribution in [2.45, 2.75) is 58.6 Å². The van der Waals surface area contributed by atoms with E-state index < -0.39 is 5.60 Å². The average molecular weight is 322 g/mol. The van der Waals surface area contributed by atoms with E-state index in [1.165, 1.54) is 6.07 Å². The van der Waals surface area contributed by atoms with E-state index in [-0.39, 0.29) is 18.0 Å². The van der Waals surface area contributed by atoms with Gasteiger partial charge in [-0.2, -0.15) is 0 Å². The van der Waals surface area contributed by atoms with E-state index >= 15 is 0 Å². The summed E-state index contributed by atoms with van der Waals surface area (Å²) in [6, 6.07) is 6.90. The summed E-state index contributed by atoms with van der Waals surface area (Å²) in [5.41, 5.74) is 0.496. The van der Waals surface area contributed by atoms with Crippen molar-refractivity contribution in [3.05, 3.63) is 35.6 Å². The lowest BCUT2D eigenvalue weighted by atomic mass is 10.1. The lowest BCUT2D eigenvalue weighted by Crippen LogP contribution is -2.48. The van der Waals surface area contributed by atoms with Gasteiger partial charge in [-0.25, -0.2) is 19.2 Å². The maximum absolute atomic E-state index is 13.2. The van der Waals surface area contributed by atoms with E-state index in [1.807, 2.05) is 26.8 Å². The first-order valence-corrected chi connectivity index (χ1v) is 8.28. The van der Waals surface area contributed by atoms with Gasteiger partial charge in [0.05, 0.1) is 0 Å². The van der Waals surface area contributed by atoms with Crippen molar-refractivity contribution in [3.8, 4) is 0 Å². The zero-order valence-corrected chi connectivity index (χ0v) is 14.5. The van der Waals surface area contributed by atoms with E-state index in [1.54, 1.807) is 17.1 Å². The fourth-order valence-electron chi connectivity index (χ4n) is 2.82. The van der Waals surface area contributed by atoms with E-state index in [4.69, 9.17) is 4.74 Å². The molecule has 0 spiro atoms. The highest BCUT2D eigenvalue weighted by atomic mass is 19.1. The molecule has 128 valence electrons. The first-order valence-electron chi connectivity index (χ1n) is 8.28. The highest BCUT2D eigenvalue weighted by molar-refractivity contribution is 5.67. The maximum Gasteiger partial charge on any atom is 0.424 e. The Balaban J connectivity index is 1.92. The molecule has 23 heavy (non-hydrogen) atoms. The molecule has 1 aromatic rings. The van der Waals surface area contributed by atoms with Gasteiger partial charge in [0, 0.05) is 19.1 Å². The molecule has 1 fully saturated rings. The molecule has 1 heterocycles. The van der Waals surface area contributed by atoms with Gasteiger partial charge in [0.2, 0.25) is 0 Å². The van der Waals surface area contributed by atoms with Crippen molar-refractivity contribution in [3.63, 3.8) is 0 Å². The molecular weight excluding hydrogens is 295 g/mol. The van der Waals surface area contributed by atoms with Crippen LogP contribution < -0.4 is 0 Å². The highest BCUT2D eigenvalue weighted by Crippen LogP contribution is 2.21. The minimum atomic E-state index is -0.490. The number of aryl methyl sites for hydroxylation is 1. The summed E-state index contributed by atoms with van der Waals surface area (Å²) in [4.78, 5) is 12.3. The summed E-state index contributed by atoms with van der Waals surface area (Å²) in [6.45, 7) is 9.26. The molecule has 1 amide bonds. The molecular formula is C18H27FN2O2. The third-order valence-corrected chi connectivity index (χ3v) is 3.92. The van der Waals surface area contributed by atoms with Gasteiger partial charge in [0.1, 0.15) is 11.4 Å². The Hall–Kier alpha value is -1.62. The first-order chi connectivity index (χ1) is 10.8. The standard InChI is InChI=1S/C18H27FN2O2/c1-14(9-10-15-7-5-8-16(19)13-15)20-11-6-12-21(20)17(22)23-18(2,3)4/h5,7-8,13-14H,6,9-12H2,1-4H3/t14-/m0/s1. The zero-order valence-electron chi connectivity index (χ0n) is 14.5. The summed E-state index contributed by atoms with van der Waals surface area (Å²) in [6.07, 6.45) is 2.32. The number of carbonyl (C=O) groups excluding carboxylic acids is 1. The van der Waals surface area contributed by atoms with Crippen molar-refractivity contribution in [1.82, 2.24) is 10.0 Å². The smallest absolute Gasteiger partial charge is 0.424 e. The van der Waals surface area contributed by atoms with Gasteiger partial charge in [0.25, 0.3) is 0 Å². The van der Waals surface area contributed by atoms with Gasteiger partial charge in [-0.05, 0) is 64.7 Å². The summed E-state index contributed by atoms with van der Waals surface area (Å²) >= 11 is 0. The molecule has 0 aromatic heterocycles. The molecule has 0 bridgehead atoms. The SMILES string of the molecule is C[C@@H](CCc1cccc(F)c1)N1CCCN1C(=O)OC(C)(C)C. The molecule has 1 aliphatic rings. The lowest BCUT2D eigenvalue weighted by Gasteiger charge is -2.34. The number of hydrazine groups is 1. The van der Waals surface area contributed by atoms with Crippen LogP contribution in [-0.2, 0) is 11.2 Å². The highest BCUT2D eigenvalue weighted by Gasteiger charge is 2.33. The molecule has 2 rings (SSSR count). The first kappa shape index (κ1) is 17.7. The number of benzene rings is 1. The normalized spacial score (nSPS) is 17.3. The van der Waals surface area contributed by atoms with Crippen LogP contribution in [0.2, 0.25) is 0 Å². The Morgan fingerprint density at radius 2 is 2.09 bits per heavy atom. The van der Waals surface area contributed by atoms with Gasteiger partial charge in [-0.15, -0.1) is 0 Å². The van der Waals surface area contributed by atoms with Crippen LogP contribution in [0.15, 0.2) is 24.3 Å². The van der Waals surface area contributed by atoms with Crippen LogP contribution in [0.4, 0.5) is 9.18 Å². The average Bonchev–Trinajstić information content (AvgIpc) is 2.92. The number of hydrogen-bond acceptors (Lipinski definition) is 3. The van der Waals surface area contributed by atoms with Gasteiger partial charge < -0.3 is 4.74 Å². The number of amides is 1. The molecule has 1 aromatic carbocycles. The van der Waals surface area contributed by atoms with E-state index in [2.05, 4.69) is 11.9 Å². The molecule has 0 N–H and O–H groups in total. The van der Waals surface area contributed by atoms with Crippen LogP contribution in [0.25, 0.3) is 0 Å². The van der Waals surface area contributed by atoms with Crippen LogP contribution >= 0.6 is 0 Å². The molecule has 5 heteroatoms. The molecule has 0 unspecified atom stereocenters. The van der Waals surface area contributed by atoms with Gasteiger partial charge >= 0.3 is 6.09 Å². The molecule has 0 aliphatic carbocycles. The van der Waals surface area contributed by atoms with Crippen molar-refractivity contribution >= 4 is 6.09 Å². The Kier molecular flexibility index (Phi) is 5.63. The van der Waals surface area contributed by atoms with Crippen LogP contribution in [0.5, 0.6) is 0 Å². The van der Waals surface area contributed by atoms with Crippen LogP contribution in [0.3, 0.4) is 0 Å². The van der Waals surface area contributed by atoms with E-state index in [0.717, 1.165) is 31.4 Å². The predicted molar refractivity (Wildman–Crippen MR) is 88.4 cm³/mol. The predicted octanol–water partition coefficient (Wildman–Crippen LogP) is 4.00. The number of halogens is 1. The largest absolute Gasteiger partial charge is 0.443 e. The van der Waals surface area contributed by atoms with E-state index in [9.17, 15) is 9.18 Å². The summed E-state index contributed by atoms with van der Waals surface area (Å²) in [7, 11) is 0. The van der Waals surface area contributed by atoms with Crippen molar-refractivity contribution < 1.29 is 13.9 Å². The Morgan fingerprint density at radius 3 is 2.74 bits per heavy atom. The second-order valence-corrected chi connectivity index (χ2v) is 7.14. The molecule has 1 atom stereocenters. The number of ether oxygens (including phenoxy) is 1.